The van der Waals surface area contributed by atoms with Gasteiger partial charge >= 0.3 is 0 Å². The van der Waals surface area contributed by atoms with E-state index in [2.05, 4.69) is 5.32 Å². The molecule has 1 heterocycles. The highest BCUT2D eigenvalue weighted by molar-refractivity contribution is 5.79. The first-order valence-electron chi connectivity index (χ1n) is 4.49. The van der Waals surface area contributed by atoms with Gasteiger partial charge in [-0.25, -0.2) is 0 Å². The van der Waals surface area contributed by atoms with Crippen molar-refractivity contribution in [2.75, 3.05) is 6.54 Å². The lowest BCUT2D eigenvalue weighted by molar-refractivity contribution is -0.128. The lowest BCUT2D eigenvalue weighted by Crippen LogP contribution is -2.39. The monoisotopic (exact) mass is 171 g/mol. The van der Waals surface area contributed by atoms with Crippen LogP contribution in [0.3, 0.4) is 0 Å². The van der Waals surface area contributed by atoms with E-state index in [1.54, 1.807) is 13.8 Å². The second-order valence-corrected chi connectivity index (χ2v) is 4.15. The maximum Gasteiger partial charge on any atom is 0.223 e. The van der Waals surface area contributed by atoms with Crippen LogP contribution in [0.1, 0.15) is 33.1 Å². The first-order chi connectivity index (χ1) is 5.49. The van der Waals surface area contributed by atoms with Crippen molar-refractivity contribution in [3.63, 3.8) is 0 Å². The minimum Gasteiger partial charge on any atom is -0.390 e. The summed E-state index contributed by atoms with van der Waals surface area (Å²) in [5.41, 5.74) is -0.723. The highest BCUT2D eigenvalue weighted by atomic mass is 16.3. The molecule has 12 heavy (non-hydrogen) atoms. The summed E-state index contributed by atoms with van der Waals surface area (Å²) in [7, 11) is 0. The minimum atomic E-state index is -0.723. The number of amides is 1. The highest BCUT2D eigenvalue weighted by Crippen LogP contribution is 2.22. The Kier molecular flexibility index (Phi) is 2.73. The van der Waals surface area contributed by atoms with Gasteiger partial charge in [0.05, 0.1) is 5.60 Å². The molecule has 0 radical (unpaired) electrons. The maximum absolute atomic E-state index is 11.2. The molecular weight excluding hydrogens is 154 g/mol. The summed E-state index contributed by atoms with van der Waals surface area (Å²) in [6.45, 7) is 4.28. The average molecular weight is 171 g/mol. The predicted octanol–water partition coefficient (Wildman–Crippen LogP) is 0.674. The summed E-state index contributed by atoms with van der Waals surface area (Å²) in [5, 5.41) is 12.3. The molecule has 0 saturated carbocycles. The molecule has 0 bridgehead atoms. The van der Waals surface area contributed by atoms with Crippen molar-refractivity contribution in [3.8, 4) is 0 Å². The maximum atomic E-state index is 11.2. The molecule has 1 aliphatic rings. The van der Waals surface area contributed by atoms with Crippen LogP contribution in [0, 0.1) is 5.92 Å². The molecule has 1 fully saturated rings. The summed E-state index contributed by atoms with van der Waals surface area (Å²) in [6, 6.07) is 0. The van der Waals surface area contributed by atoms with E-state index in [0.717, 1.165) is 19.4 Å². The number of aliphatic hydroxyl groups is 1. The third kappa shape index (κ3) is 2.81. The van der Waals surface area contributed by atoms with E-state index in [1.165, 1.54) is 0 Å². The van der Waals surface area contributed by atoms with Gasteiger partial charge in [-0.2, -0.15) is 0 Å². The third-order valence-electron chi connectivity index (χ3n) is 2.15. The number of piperidine rings is 1. The van der Waals surface area contributed by atoms with Crippen molar-refractivity contribution < 1.29 is 9.90 Å². The van der Waals surface area contributed by atoms with Gasteiger partial charge in [0.1, 0.15) is 0 Å². The second kappa shape index (κ2) is 3.44. The van der Waals surface area contributed by atoms with E-state index < -0.39 is 5.60 Å². The van der Waals surface area contributed by atoms with E-state index in [-0.39, 0.29) is 11.8 Å². The Labute approximate surface area is 73.2 Å². The lowest BCUT2D eigenvalue weighted by Gasteiger charge is -2.27. The predicted molar refractivity (Wildman–Crippen MR) is 46.6 cm³/mol. The van der Waals surface area contributed by atoms with Crippen LogP contribution in [-0.4, -0.2) is 23.2 Å². The first-order valence-corrected chi connectivity index (χ1v) is 4.49. The molecule has 0 spiro atoms. The number of carbonyl (C=O) groups is 1. The van der Waals surface area contributed by atoms with Crippen LogP contribution >= 0.6 is 0 Å². The molecule has 1 amide bonds. The summed E-state index contributed by atoms with van der Waals surface area (Å²) in [6.07, 6.45) is 2.52. The molecular formula is C9H17NO2. The topological polar surface area (TPSA) is 49.3 Å². The fourth-order valence-corrected chi connectivity index (χ4v) is 1.63. The van der Waals surface area contributed by atoms with Crippen LogP contribution in [0.15, 0.2) is 0 Å². The molecule has 3 nitrogen and oxygen atoms in total. The van der Waals surface area contributed by atoms with Crippen LogP contribution in [0.4, 0.5) is 0 Å². The van der Waals surface area contributed by atoms with Crippen LogP contribution in [0.5, 0.6) is 0 Å². The van der Waals surface area contributed by atoms with Gasteiger partial charge < -0.3 is 10.4 Å². The molecule has 1 unspecified atom stereocenters. The van der Waals surface area contributed by atoms with Gasteiger partial charge in [-0.3, -0.25) is 4.79 Å². The van der Waals surface area contributed by atoms with Gasteiger partial charge in [0, 0.05) is 12.5 Å². The molecule has 3 heteroatoms. The molecule has 0 aromatic carbocycles. The first kappa shape index (κ1) is 9.52. The zero-order valence-corrected chi connectivity index (χ0v) is 7.76. The fraction of sp³-hybridized carbons (Fsp3) is 0.889. The van der Waals surface area contributed by atoms with E-state index in [1.807, 2.05) is 0 Å². The Balaban J connectivity index is 2.45. The molecule has 1 rings (SSSR count). The van der Waals surface area contributed by atoms with Gasteiger partial charge in [0.15, 0.2) is 0 Å². The molecule has 1 aliphatic heterocycles. The van der Waals surface area contributed by atoms with Crippen LogP contribution in [-0.2, 0) is 4.79 Å². The summed E-state index contributed by atoms with van der Waals surface area (Å²) >= 11 is 0. The molecule has 0 aliphatic carbocycles. The van der Waals surface area contributed by atoms with Crippen molar-refractivity contribution in [3.05, 3.63) is 0 Å². The third-order valence-corrected chi connectivity index (χ3v) is 2.15. The number of nitrogens with one attached hydrogen (secondary N) is 1. The standard InChI is InChI=1S/C9H17NO2/c1-9(2,12)6-7-4-3-5-10-8(7)11/h7,12H,3-6H2,1-2H3,(H,10,11). The molecule has 70 valence electrons. The minimum absolute atomic E-state index is 0.0127. The van der Waals surface area contributed by atoms with Crippen LogP contribution in [0.2, 0.25) is 0 Å². The number of rotatable bonds is 2. The Morgan fingerprint density at radius 2 is 2.33 bits per heavy atom. The fourth-order valence-electron chi connectivity index (χ4n) is 1.63. The number of hydrogen-bond donors (Lipinski definition) is 2. The van der Waals surface area contributed by atoms with E-state index >= 15 is 0 Å². The summed E-state index contributed by atoms with van der Waals surface area (Å²) in [5.74, 6) is 0.113. The molecule has 0 aromatic rings. The van der Waals surface area contributed by atoms with E-state index in [0.29, 0.717) is 6.42 Å². The van der Waals surface area contributed by atoms with Gasteiger partial charge in [0.2, 0.25) is 5.91 Å². The highest BCUT2D eigenvalue weighted by Gasteiger charge is 2.27. The Hall–Kier alpha value is -0.570. The Bertz CT molecular complexity index is 172. The normalized spacial score (nSPS) is 25.2. The Morgan fingerprint density at radius 1 is 1.67 bits per heavy atom. The zero-order valence-electron chi connectivity index (χ0n) is 7.76. The van der Waals surface area contributed by atoms with Gasteiger partial charge in [-0.15, -0.1) is 0 Å². The molecule has 2 N–H and O–H groups in total. The van der Waals surface area contributed by atoms with E-state index in [4.69, 9.17) is 0 Å². The van der Waals surface area contributed by atoms with Crippen molar-refractivity contribution in [1.29, 1.82) is 0 Å². The number of hydrogen-bond acceptors (Lipinski definition) is 2. The molecule has 1 saturated heterocycles. The van der Waals surface area contributed by atoms with E-state index in [9.17, 15) is 9.90 Å². The van der Waals surface area contributed by atoms with Crippen molar-refractivity contribution >= 4 is 5.91 Å². The van der Waals surface area contributed by atoms with Crippen molar-refractivity contribution in [1.82, 2.24) is 5.32 Å². The molecule has 1 atom stereocenters. The smallest absolute Gasteiger partial charge is 0.223 e. The van der Waals surface area contributed by atoms with Crippen molar-refractivity contribution in [2.45, 2.75) is 38.7 Å². The largest absolute Gasteiger partial charge is 0.390 e. The SMILES string of the molecule is CC(C)(O)CC1CCCNC1=O. The van der Waals surface area contributed by atoms with Crippen LogP contribution < -0.4 is 5.32 Å². The van der Waals surface area contributed by atoms with Gasteiger partial charge in [-0.1, -0.05) is 0 Å². The Morgan fingerprint density at radius 3 is 2.83 bits per heavy atom. The average Bonchev–Trinajstić information content (AvgIpc) is 1.91. The summed E-state index contributed by atoms with van der Waals surface area (Å²) < 4.78 is 0. The van der Waals surface area contributed by atoms with Gasteiger partial charge in [0.25, 0.3) is 0 Å². The van der Waals surface area contributed by atoms with Crippen molar-refractivity contribution in [2.24, 2.45) is 5.92 Å². The quantitative estimate of drug-likeness (QED) is 0.641. The zero-order chi connectivity index (χ0) is 9.19. The number of carbonyl (C=O) groups excluding carboxylic acids is 1. The second-order valence-electron chi connectivity index (χ2n) is 4.15. The lowest BCUT2D eigenvalue weighted by atomic mass is 9.88. The molecule has 0 aromatic heterocycles. The van der Waals surface area contributed by atoms with Crippen LogP contribution in [0.25, 0.3) is 0 Å². The van der Waals surface area contributed by atoms with Gasteiger partial charge in [-0.05, 0) is 33.1 Å². The summed E-state index contributed by atoms with van der Waals surface area (Å²) in [4.78, 5) is 11.2.